The largest absolute Gasteiger partial charge is 0.378 e. The molecule has 5 rings (SSSR count). The number of thiazole rings is 1. The predicted octanol–water partition coefficient (Wildman–Crippen LogP) is 4.74. The molecule has 0 unspecified atom stereocenters. The highest BCUT2D eigenvalue weighted by Gasteiger charge is 2.29. The van der Waals surface area contributed by atoms with E-state index in [2.05, 4.69) is 24.1 Å². The second-order valence-corrected chi connectivity index (χ2v) is 11.0. The average Bonchev–Trinajstić information content (AvgIpc) is 3.30. The summed E-state index contributed by atoms with van der Waals surface area (Å²) in [6.45, 7) is 10.2. The van der Waals surface area contributed by atoms with Crippen LogP contribution in [-0.4, -0.2) is 39.8 Å². The SMILES string of the molecule is Cc1c(-c2[nH]c3sc(C4CCC(NC5COC5)CC4)nc3c2C(C)C)cn(C)c(=O)c1C. The molecule has 32 heavy (non-hydrogen) atoms. The maximum Gasteiger partial charge on any atom is 0.253 e. The molecule has 172 valence electrons. The van der Waals surface area contributed by atoms with E-state index in [9.17, 15) is 4.79 Å². The van der Waals surface area contributed by atoms with Gasteiger partial charge in [0.25, 0.3) is 5.56 Å². The van der Waals surface area contributed by atoms with Gasteiger partial charge in [-0.1, -0.05) is 13.8 Å². The predicted molar refractivity (Wildman–Crippen MR) is 131 cm³/mol. The smallest absolute Gasteiger partial charge is 0.253 e. The van der Waals surface area contributed by atoms with Crippen LogP contribution in [0.1, 0.15) is 73.1 Å². The van der Waals surface area contributed by atoms with Gasteiger partial charge in [-0.3, -0.25) is 4.79 Å². The van der Waals surface area contributed by atoms with Crippen molar-refractivity contribution in [1.82, 2.24) is 19.9 Å². The molecule has 7 heteroatoms. The molecule has 1 saturated carbocycles. The van der Waals surface area contributed by atoms with Crippen molar-refractivity contribution in [3.05, 3.63) is 38.2 Å². The average molecular weight is 455 g/mol. The third-order valence-corrected chi connectivity index (χ3v) is 8.50. The minimum Gasteiger partial charge on any atom is -0.378 e. The van der Waals surface area contributed by atoms with E-state index in [1.54, 1.807) is 4.57 Å². The molecule has 0 spiro atoms. The molecular weight excluding hydrogens is 420 g/mol. The van der Waals surface area contributed by atoms with Crippen LogP contribution in [0.15, 0.2) is 11.0 Å². The number of nitrogens with zero attached hydrogens (tertiary/aromatic N) is 2. The first-order valence-corrected chi connectivity index (χ1v) is 12.7. The van der Waals surface area contributed by atoms with Crippen molar-refractivity contribution in [1.29, 1.82) is 0 Å². The van der Waals surface area contributed by atoms with Crippen LogP contribution in [-0.2, 0) is 11.8 Å². The Labute approximate surface area is 193 Å². The van der Waals surface area contributed by atoms with Crippen LogP contribution in [0, 0.1) is 13.8 Å². The summed E-state index contributed by atoms with van der Waals surface area (Å²) < 4.78 is 6.99. The molecular formula is C25H34N4O2S. The van der Waals surface area contributed by atoms with Crippen molar-refractivity contribution in [3.8, 4) is 11.3 Å². The fourth-order valence-electron chi connectivity index (χ4n) is 5.25. The van der Waals surface area contributed by atoms with Crippen LogP contribution in [0.3, 0.4) is 0 Å². The lowest BCUT2D eigenvalue weighted by molar-refractivity contribution is -0.0121. The van der Waals surface area contributed by atoms with Crippen molar-refractivity contribution in [3.63, 3.8) is 0 Å². The number of H-pyrrole nitrogens is 1. The molecule has 6 nitrogen and oxygen atoms in total. The van der Waals surface area contributed by atoms with E-state index < -0.39 is 0 Å². The Morgan fingerprint density at radius 3 is 2.50 bits per heavy atom. The number of aryl methyl sites for hydroxylation is 1. The summed E-state index contributed by atoms with van der Waals surface area (Å²) in [7, 11) is 1.83. The zero-order valence-corrected chi connectivity index (χ0v) is 20.6. The lowest BCUT2D eigenvalue weighted by Crippen LogP contribution is -2.51. The van der Waals surface area contributed by atoms with Gasteiger partial charge in [0.1, 0.15) is 10.3 Å². The summed E-state index contributed by atoms with van der Waals surface area (Å²) in [5.74, 6) is 0.900. The Morgan fingerprint density at radius 2 is 1.88 bits per heavy atom. The van der Waals surface area contributed by atoms with Gasteiger partial charge in [-0.15, -0.1) is 11.3 Å². The first-order chi connectivity index (χ1) is 15.3. The Balaban J connectivity index is 1.44. The van der Waals surface area contributed by atoms with Gasteiger partial charge in [0, 0.05) is 41.9 Å². The number of ether oxygens (including phenoxy) is 1. The van der Waals surface area contributed by atoms with Gasteiger partial charge < -0.3 is 19.6 Å². The number of rotatable bonds is 5. The van der Waals surface area contributed by atoms with Gasteiger partial charge in [0.15, 0.2) is 0 Å². The van der Waals surface area contributed by atoms with Crippen LogP contribution >= 0.6 is 11.3 Å². The number of aromatic nitrogens is 3. The quantitative estimate of drug-likeness (QED) is 0.584. The molecule has 2 N–H and O–H groups in total. The Hall–Kier alpha value is -1.96. The van der Waals surface area contributed by atoms with E-state index in [4.69, 9.17) is 9.72 Å². The number of hydrogen-bond donors (Lipinski definition) is 2. The Morgan fingerprint density at radius 1 is 1.16 bits per heavy atom. The maximum atomic E-state index is 12.4. The summed E-state index contributed by atoms with van der Waals surface area (Å²) in [6, 6.07) is 1.19. The standard InChI is InChI=1S/C25H34N4O2S/c1-13(2)20-21(19-10-29(5)25(30)15(4)14(19)3)27-24-22(20)28-23(32-24)16-6-8-17(9-7-16)26-18-11-31-12-18/h10,13,16-18,26-27H,6-9,11-12H2,1-5H3. The van der Waals surface area contributed by atoms with Crippen LogP contribution in [0.25, 0.3) is 21.6 Å². The van der Waals surface area contributed by atoms with Crippen LogP contribution in [0.2, 0.25) is 0 Å². The second-order valence-electron chi connectivity index (χ2n) is 9.96. The van der Waals surface area contributed by atoms with E-state index >= 15 is 0 Å². The molecule has 0 amide bonds. The highest BCUT2D eigenvalue weighted by molar-refractivity contribution is 7.18. The zero-order valence-electron chi connectivity index (χ0n) is 19.7. The number of fused-ring (bicyclic) bond motifs is 1. The fraction of sp³-hybridized carbons (Fsp3) is 0.600. The number of pyridine rings is 1. The Kier molecular flexibility index (Phi) is 5.76. The lowest BCUT2D eigenvalue weighted by Gasteiger charge is -2.35. The summed E-state index contributed by atoms with van der Waals surface area (Å²) in [5, 5.41) is 5.02. The molecule has 2 aliphatic rings. The first kappa shape index (κ1) is 21.9. The Bertz CT molecular complexity index is 1190. The van der Waals surface area contributed by atoms with Crippen LogP contribution in [0.5, 0.6) is 0 Å². The van der Waals surface area contributed by atoms with Crippen LogP contribution in [0.4, 0.5) is 0 Å². The van der Waals surface area contributed by atoms with E-state index in [1.165, 1.54) is 36.3 Å². The molecule has 0 radical (unpaired) electrons. The highest BCUT2D eigenvalue weighted by Crippen LogP contribution is 2.42. The summed E-state index contributed by atoms with van der Waals surface area (Å²) >= 11 is 1.82. The number of aromatic amines is 1. The minimum absolute atomic E-state index is 0.0704. The third-order valence-electron chi connectivity index (χ3n) is 7.37. The highest BCUT2D eigenvalue weighted by atomic mass is 32.1. The molecule has 1 aliphatic heterocycles. The van der Waals surface area contributed by atoms with E-state index in [0.717, 1.165) is 45.9 Å². The molecule has 2 fully saturated rings. The minimum atomic E-state index is 0.0704. The normalized spacial score (nSPS) is 22.1. The molecule has 1 aliphatic carbocycles. The van der Waals surface area contributed by atoms with E-state index in [0.29, 0.717) is 23.9 Å². The first-order valence-electron chi connectivity index (χ1n) is 11.9. The van der Waals surface area contributed by atoms with Crippen molar-refractivity contribution >= 4 is 21.7 Å². The summed E-state index contributed by atoms with van der Waals surface area (Å²) in [6.07, 6.45) is 6.80. The lowest BCUT2D eigenvalue weighted by atomic mass is 9.86. The summed E-state index contributed by atoms with van der Waals surface area (Å²) in [5.41, 5.74) is 6.54. The van der Waals surface area contributed by atoms with Gasteiger partial charge in [-0.05, 0) is 51.0 Å². The second kappa shape index (κ2) is 8.43. The van der Waals surface area contributed by atoms with E-state index in [1.807, 2.05) is 38.4 Å². The molecule has 4 heterocycles. The van der Waals surface area contributed by atoms with Gasteiger partial charge in [-0.2, -0.15) is 0 Å². The van der Waals surface area contributed by atoms with E-state index in [-0.39, 0.29) is 5.56 Å². The van der Waals surface area contributed by atoms with Gasteiger partial charge in [0.05, 0.1) is 30.0 Å². The number of nitrogens with one attached hydrogen (secondary N) is 2. The summed E-state index contributed by atoms with van der Waals surface area (Å²) in [4.78, 5) is 22.4. The van der Waals surface area contributed by atoms with Crippen LogP contribution < -0.4 is 10.9 Å². The number of hydrogen-bond acceptors (Lipinski definition) is 5. The zero-order chi connectivity index (χ0) is 22.6. The third kappa shape index (κ3) is 3.74. The van der Waals surface area contributed by atoms with Crippen molar-refractivity contribution < 1.29 is 4.74 Å². The van der Waals surface area contributed by atoms with Gasteiger partial charge in [0.2, 0.25) is 0 Å². The molecule has 0 atom stereocenters. The monoisotopic (exact) mass is 454 g/mol. The maximum absolute atomic E-state index is 12.4. The fourth-order valence-corrected chi connectivity index (χ4v) is 6.41. The van der Waals surface area contributed by atoms with Crippen molar-refractivity contribution in [2.75, 3.05) is 13.2 Å². The molecule has 1 saturated heterocycles. The molecule has 3 aromatic rings. The van der Waals surface area contributed by atoms with Crippen molar-refractivity contribution in [2.24, 2.45) is 7.05 Å². The molecule has 0 bridgehead atoms. The van der Waals surface area contributed by atoms with Gasteiger partial charge >= 0.3 is 0 Å². The van der Waals surface area contributed by atoms with Crippen molar-refractivity contribution in [2.45, 2.75) is 77.3 Å². The molecule has 3 aromatic heterocycles. The topological polar surface area (TPSA) is 71.9 Å². The molecule has 0 aromatic carbocycles. The van der Waals surface area contributed by atoms with Gasteiger partial charge in [-0.25, -0.2) is 4.98 Å².